The molecule has 2 fully saturated rings. The second-order valence-corrected chi connectivity index (χ2v) is 9.38. The molecule has 29 heavy (non-hydrogen) atoms. The van der Waals surface area contributed by atoms with Crippen LogP contribution in [0.15, 0.2) is 36.4 Å². The largest absolute Gasteiger partial charge is 0.331 e. The second-order valence-electron chi connectivity index (χ2n) is 8.97. The molecule has 2 aromatic carbocycles. The van der Waals surface area contributed by atoms with Crippen molar-refractivity contribution < 1.29 is 4.79 Å². The quantitative estimate of drug-likeness (QED) is 0.729. The van der Waals surface area contributed by atoms with Gasteiger partial charge in [0.15, 0.2) is 0 Å². The number of carbonyl (C=O) groups is 1. The zero-order chi connectivity index (χ0) is 20.1. The fraction of sp³-hybridized carbons (Fsp3) is 0.458. The van der Waals surface area contributed by atoms with Crippen molar-refractivity contribution in [3.8, 4) is 11.1 Å². The molecule has 1 saturated carbocycles. The summed E-state index contributed by atoms with van der Waals surface area (Å²) in [6.45, 7) is 7.14. The van der Waals surface area contributed by atoms with Crippen LogP contribution in [0.1, 0.15) is 41.3 Å². The van der Waals surface area contributed by atoms with Crippen molar-refractivity contribution in [2.24, 2.45) is 5.92 Å². The van der Waals surface area contributed by atoms with Gasteiger partial charge in [-0.15, -0.1) is 0 Å². The van der Waals surface area contributed by atoms with E-state index in [0.29, 0.717) is 29.1 Å². The van der Waals surface area contributed by atoms with Crippen LogP contribution in [0.4, 0.5) is 0 Å². The van der Waals surface area contributed by atoms with Gasteiger partial charge < -0.3 is 4.90 Å². The highest BCUT2D eigenvalue weighted by Gasteiger charge is 2.39. The molecule has 2 aromatic rings. The van der Waals surface area contributed by atoms with Crippen molar-refractivity contribution >= 4 is 17.5 Å². The van der Waals surface area contributed by atoms with Crippen LogP contribution >= 0.6 is 11.6 Å². The first-order valence-electron chi connectivity index (χ1n) is 10.6. The third kappa shape index (κ3) is 3.70. The molecule has 4 nitrogen and oxygen atoms in total. The van der Waals surface area contributed by atoms with Crippen LogP contribution in [0.5, 0.6) is 0 Å². The number of fused-ring (bicyclic) bond motifs is 1. The standard InChI is InChI=1S/C24H28ClN3O/c1-16(18-7-8-18)28-14-21-11-20(12-22(25)23(21)24(28)29)19-5-3-17(4-6-19)13-27-10-9-26(2)15-27/h3-6,11-12,16,18H,7-10,13-15H2,1-2H3. The first kappa shape index (κ1) is 19.1. The van der Waals surface area contributed by atoms with Crippen molar-refractivity contribution in [3.63, 3.8) is 0 Å². The van der Waals surface area contributed by atoms with Crippen LogP contribution in [0.3, 0.4) is 0 Å². The highest BCUT2D eigenvalue weighted by atomic mass is 35.5. The SMILES string of the molecule is CC(C1CC1)N1Cc2cc(-c3ccc(CN4CCN(C)C4)cc3)cc(Cl)c2C1=O. The van der Waals surface area contributed by atoms with Crippen LogP contribution in [-0.4, -0.2) is 53.5 Å². The minimum Gasteiger partial charge on any atom is -0.331 e. The minimum absolute atomic E-state index is 0.0990. The molecule has 0 bridgehead atoms. The van der Waals surface area contributed by atoms with E-state index in [-0.39, 0.29) is 5.91 Å². The summed E-state index contributed by atoms with van der Waals surface area (Å²) in [5.74, 6) is 0.760. The minimum atomic E-state index is 0.0990. The van der Waals surface area contributed by atoms with Gasteiger partial charge in [0, 0.05) is 32.2 Å². The van der Waals surface area contributed by atoms with Crippen molar-refractivity contribution in [2.45, 2.75) is 38.9 Å². The predicted molar refractivity (Wildman–Crippen MR) is 117 cm³/mol. The number of likely N-dealkylation sites (N-methyl/N-ethyl adjacent to an activating group) is 1. The van der Waals surface area contributed by atoms with Crippen LogP contribution in [0, 0.1) is 5.92 Å². The summed E-state index contributed by atoms with van der Waals surface area (Å²) in [6.07, 6.45) is 2.47. The van der Waals surface area contributed by atoms with Gasteiger partial charge in [-0.3, -0.25) is 14.6 Å². The summed E-state index contributed by atoms with van der Waals surface area (Å²) in [7, 11) is 2.16. The highest BCUT2D eigenvalue weighted by molar-refractivity contribution is 6.34. The molecular weight excluding hydrogens is 382 g/mol. The molecule has 1 unspecified atom stereocenters. The maximum absolute atomic E-state index is 12.9. The van der Waals surface area contributed by atoms with Gasteiger partial charge in [0.25, 0.3) is 5.91 Å². The summed E-state index contributed by atoms with van der Waals surface area (Å²) in [4.78, 5) is 19.7. The van der Waals surface area contributed by atoms with Crippen molar-refractivity contribution in [2.75, 3.05) is 26.8 Å². The monoisotopic (exact) mass is 409 g/mol. The number of carbonyl (C=O) groups excluding carboxylic acids is 1. The van der Waals surface area contributed by atoms with Gasteiger partial charge in [0.05, 0.1) is 17.3 Å². The Morgan fingerprint density at radius 3 is 2.52 bits per heavy atom. The zero-order valence-corrected chi connectivity index (χ0v) is 18.0. The summed E-state index contributed by atoms with van der Waals surface area (Å²) in [5.41, 5.74) is 5.34. The molecular formula is C24H28ClN3O. The number of hydrogen-bond acceptors (Lipinski definition) is 3. The fourth-order valence-electron chi connectivity index (χ4n) is 4.74. The molecule has 5 heteroatoms. The van der Waals surface area contributed by atoms with E-state index in [0.717, 1.165) is 43.0 Å². The van der Waals surface area contributed by atoms with E-state index in [1.54, 1.807) is 0 Å². The smallest absolute Gasteiger partial charge is 0.256 e. The Bertz CT molecular complexity index is 938. The van der Waals surface area contributed by atoms with E-state index < -0.39 is 0 Å². The van der Waals surface area contributed by atoms with Crippen molar-refractivity contribution in [1.29, 1.82) is 0 Å². The first-order valence-corrected chi connectivity index (χ1v) is 11.0. The second kappa shape index (κ2) is 7.42. The molecule has 152 valence electrons. The maximum atomic E-state index is 12.9. The third-order valence-electron chi connectivity index (χ3n) is 6.72. The summed E-state index contributed by atoms with van der Waals surface area (Å²) in [5, 5.41) is 0.581. The lowest BCUT2D eigenvalue weighted by molar-refractivity contribution is 0.0697. The summed E-state index contributed by atoms with van der Waals surface area (Å²) >= 11 is 6.58. The van der Waals surface area contributed by atoms with E-state index in [2.05, 4.69) is 54.1 Å². The molecule has 2 heterocycles. The van der Waals surface area contributed by atoms with E-state index in [1.165, 1.54) is 18.4 Å². The molecule has 0 radical (unpaired) electrons. The predicted octanol–water partition coefficient (Wildman–Crippen LogP) is 4.47. The molecule has 3 aliphatic rings. The average molecular weight is 410 g/mol. The Labute approximate surface area is 178 Å². The molecule has 2 aliphatic heterocycles. The normalized spacial score (nSPS) is 21.1. The molecule has 0 N–H and O–H groups in total. The Morgan fingerprint density at radius 2 is 1.86 bits per heavy atom. The Morgan fingerprint density at radius 1 is 1.10 bits per heavy atom. The van der Waals surface area contributed by atoms with E-state index >= 15 is 0 Å². The molecule has 1 saturated heterocycles. The number of halogens is 1. The Balaban J connectivity index is 1.35. The van der Waals surface area contributed by atoms with Gasteiger partial charge in [-0.2, -0.15) is 0 Å². The zero-order valence-electron chi connectivity index (χ0n) is 17.2. The third-order valence-corrected chi connectivity index (χ3v) is 7.01. The molecule has 5 rings (SSSR count). The topological polar surface area (TPSA) is 26.8 Å². The number of benzene rings is 2. The number of nitrogens with zero attached hydrogens (tertiary/aromatic N) is 3. The summed E-state index contributed by atoms with van der Waals surface area (Å²) in [6, 6.07) is 13.2. The van der Waals surface area contributed by atoms with Crippen LogP contribution in [0.2, 0.25) is 5.02 Å². The number of amides is 1. The van der Waals surface area contributed by atoms with Gasteiger partial charge in [-0.05, 0) is 67.1 Å². The van der Waals surface area contributed by atoms with E-state index in [9.17, 15) is 4.79 Å². The summed E-state index contributed by atoms with van der Waals surface area (Å²) < 4.78 is 0. The van der Waals surface area contributed by atoms with Crippen molar-refractivity contribution in [3.05, 3.63) is 58.1 Å². The van der Waals surface area contributed by atoms with Gasteiger partial charge in [-0.1, -0.05) is 35.9 Å². The van der Waals surface area contributed by atoms with Gasteiger partial charge >= 0.3 is 0 Å². The first-order chi connectivity index (χ1) is 14.0. The van der Waals surface area contributed by atoms with Gasteiger partial charge in [-0.25, -0.2) is 0 Å². The Kier molecular flexibility index (Phi) is 4.89. The van der Waals surface area contributed by atoms with Crippen LogP contribution in [-0.2, 0) is 13.1 Å². The maximum Gasteiger partial charge on any atom is 0.256 e. The average Bonchev–Trinajstić information content (AvgIpc) is 3.40. The van der Waals surface area contributed by atoms with Crippen LogP contribution in [0.25, 0.3) is 11.1 Å². The van der Waals surface area contributed by atoms with Gasteiger partial charge in [0.1, 0.15) is 0 Å². The van der Waals surface area contributed by atoms with E-state index in [1.807, 2.05) is 11.0 Å². The molecule has 1 atom stereocenters. The number of hydrogen-bond donors (Lipinski definition) is 0. The lowest BCUT2D eigenvalue weighted by Gasteiger charge is -2.23. The van der Waals surface area contributed by atoms with Crippen molar-refractivity contribution in [1.82, 2.24) is 14.7 Å². The fourth-order valence-corrected chi connectivity index (χ4v) is 5.06. The number of rotatable bonds is 5. The van der Waals surface area contributed by atoms with Gasteiger partial charge in [0.2, 0.25) is 0 Å². The lowest BCUT2D eigenvalue weighted by Crippen LogP contribution is -2.34. The Hall–Kier alpha value is -1.88. The van der Waals surface area contributed by atoms with Crippen LogP contribution < -0.4 is 0 Å². The molecule has 0 aromatic heterocycles. The van der Waals surface area contributed by atoms with E-state index in [4.69, 9.17) is 11.6 Å². The highest BCUT2D eigenvalue weighted by Crippen LogP contribution is 2.40. The molecule has 0 spiro atoms. The molecule has 1 aliphatic carbocycles. The lowest BCUT2D eigenvalue weighted by atomic mass is 9.99. The molecule has 1 amide bonds.